The summed E-state index contributed by atoms with van der Waals surface area (Å²) < 4.78 is 13.5. The first-order valence-corrected chi connectivity index (χ1v) is 5.71. The minimum atomic E-state index is -0.350. The van der Waals surface area contributed by atoms with Crippen LogP contribution >= 0.6 is 23.2 Å². The zero-order valence-electron chi connectivity index (χ0n) is 8.75. The number of rotatable bonds is 3. The first-order valence-electron chi connectivity index (χ1n) is 4.95. The molecule has 2 aromatic rings. The molecule has 1 heterocycles. The molecular formula is C12H9Cl2FN2. The molecule has 2 rings (SSSR count). The number of pyridine rings is 1. The molecule has 0 spiro atoms. The molecule has 1 aromatic heterocycles. The molecule has 0 atom stereocenters. The largest absolute Gasteiger partial charge is 0.365 e. The average molecular weight is 271 g/mol. The molecule has 0 saturated carbocycles. The zero-order chi connectivity index (χ0) is 12.3. The molecule has 1 N–H and O–H groups in total. The van der Waals surface area contributed by atoms with Crippen molar-refractivity contribution in [1.29, 1.82) is 0 Å². The van der Waals surface area contributed by atoms with Gasteiger partial charge in [-0.15, -0.1) is 0 Å². The van der Waals surface area contributed by atoms with Crippen LogP contribution in [0.15, 0.2) is 36.5 Å². The summed E-state index contributed by atoms with van der Waals surface area (Å²) in [5.41, 5.74) is 0.510. The number of hydrogen-bond donors (Lipinski definition) is 1. The van der Waals surface area contributed by atoms with Gasteiger partial charge >= 0.3 is 0 Å². The molecule has 2 nitrogen and oxygen atoms in total. The molecule has 88 valence electrons. The van der Waals surface area contributed by atoms with Crippen LogP contribution in [0.2, 0.25) is 10.0 Å². The van der Waals surface area contributed by atoms with Gasteiger partial charge in [-0.05, 0) is 24.3 Å². The summed E-state index contributed by atoms with van der Waals surface area (Å²) in [6, 6.07) is 7.99. The molecule has 0 fully saturated rings. The fourth-order valence-corrected chi connectivity index (χ4v) is 1.71. The van der Waals surface area contributed by atoms with Crippen molar-refractivity contribution in [2.45, 2.75) is 6.54 Å². The summed E-state index contributed by atoms with van der Waals surface area (Å²) in [6.45, 7) is 0.305. The summed E-state index contributed by atoms with van der Waals surface area (Å²) in [5.74, 6) is 0.181. The van der Waals surface area contributed by atoms with Crippen molar-refractivity contribution in [3.05, 3.63) is 58.0 Å². The van der Waals surface area contributed by atoms with Gasteiger partial charge in [0.1, 0.15) is 11.6 Å². The van der Waals surface area contributed by atoms with Crippen molar-refractivity contribution in [2.24, 2.45) is 0 Å². The molecule has 0 saturated heterocycles. The Morgan fingerprint density at radius 3 is 2.76 bits per heavy atom. The summed E-state index contributed by atoms with van der Waals surface area (Å²) in [4.78, 5) is 4.05. The van der Waals surface area contributed by atoms with Gasteiger partial charge in [0.05, 0.1) is 5.02 Å². The van der Waals surface area contributed by atoms with Crippen LogP contribution in [-0.2, 0) is 6.54 Å². The van der Waals surface area contributed by atoms with Crippen molar-refractivity contribution in [3.63, 3.8) is 0 Å². The number of nitrogens with zero attached hydrogens (tertiary/aromatic N) is 1. The van der Waals surface area contributed by atoms with E-state index >= 15 is 0 Å². The monoisotopic (exact) mass is 270 g/mol. The van der Waals surface area contributed by atoms with E-state index in [0.717, 1.165) is 0 Å². The van der Waals surface area contributed by atoms with Crippen LogP contribution in [0.4, 0.5) is 10.2 Å². The fraction of sp³-hybridized carbons (Fsp3) is 0.0833. The second-order valence-electron chi connectivity index (χ2n) is 3.42. The minimum Gasteiger partial charge on any atom is -0.365 e. The van der Waals surface area contributed by atoms with Gasteiger partial charge < -0.3 is 5.32 Å². The van der Waals surface area contributed by atoms with E-state index in [1.165, 1.54) is 6.07 Å². The van der Waals surface area contributed by atoms with Gasteiger partial charge in [0, 0.05) is 23.3 Å². The molecule has 0 radical (unpaired) electrons. The van der Waals surface area contributed by atoms with Crippen LogP contribution in [0, 0.1) is 5.82 Å². The van der Waals surface area contributed by atoms with E-state index in [0.29, 0.717) is 28.0 Å². The summed E-state index contributed by atoms with van der Waals surface area (Å²) in [5, 5.41) is 3.84. The van der Waals surface area contributed by atoms with Crippen LogP contribution in [0.3, 0.4) is 0 Å². The normalized spacial score (nSPS) is 10.3. The van der Waals surface area contributed by atoms with Gasteiger partial charge in [-0.25, -0.2) is 9.37 Å². The lowest BCUT2D eigenvalue weighted by molar-refractivity contribution is 0.613. The third-order valence-electron chi connectivity index (χ3n) is 2.22. The lowest BCUT2D eigenvalue weighted by Crippen LogP contribution is -2.03. The second kappa shape index (κ2) is 5.34. The summed E-state index contributed by atoms with van der Waals surface area (Å²) in [7, 11) is 0. The van der Waals surface area contributed by atoms with E-state index < -0.39 is 0 Å². The van der Waals surface area contributed by atoms with Gasteiger partial charge in [0.2, 0.25) is 0 Å². The SMILES string of the molecule is Fc1cc(Cl)ccc1CNc1ncccc1Cl. The molecule has 0 amide bonds. The van der Waals surface area contributed by atoms with Gasteiger partial charge in [-0.1, -0.05) is 29.3 Å². The molecule has 0 aliphatic carbocycles. The molecular weight excluding hydrogens is 262 g/mol. The molecule has 1 aromatic carbocycles. The van der Waals surface area contributed by atoms with Gasteiger partial charge in [0.15, 0.2) is 0 Å². The van der Waals surface area contributed by atoms with E-state index in [1.807, 2.05) is 0 Å². The van der Waals surface area contributed by atoms with Crippen molar-refractivity contribution in [1.82, 2.24) is 4.98 Å². The smallest absolute Gasteiger partial charge is 0.145 e. The summed E-state index contributed by atoms with van der Waals surface area (Å²) in [6.07, 6.45) is 1.62. The fourth-order valence-electron chi connectivity index (χ4n) is 1.36. The standard InChI is InChI=1S/C12H9Cl2FN2/c13-9-4-3-8(11(15)6-9)7-17-12-10(14)2-1-5-16-12/h1-6H,7H2,(H,16,17). The Morgan fingerprint density at radius 2 is 2.06 bits per heavy atom. The highest BCUT2D eigenvalue weighted by atomic mass is 35.5. The van der Waals surface area contributed by atoms with Crippen LogP contribution in [-0.4, -0.2) is 4.98 Å². The first kappa shape index (κ1) is 12.1. The van der Waals surface area contributed by atoms with Gasteiger partial charge in [-0.3, -0.25) is 0 Å². The molecule has 17 heavy (non-hydrogen) atoms. The topological polar surface area (TPSA) is 24.9 Å². The van der Waals surface area contributed by atoms with E-state index in [9.17, 15) is 4.39 Å². The molecule has 0 aliphatic heterocycles. The Hall–Kier alpha value is -1.32. The zero-order valence-corrected chi connectivity index (χ0v) is 10.3. The molecule has 5 heteroatoms. The number of hydrogen-bond acceptors (Lipinski definition) is 2. The van der Waals surface area contributed by atoms with Crippen LogP contribution in [0.1, 0.15) is 5.56 Å². The molecule has 0 bridgehead atoms. The number of benzene rings is 1. The first-order chi connectivity index (χ1) is 8.16. The number of nitrogens with one attached hydrogen (secondary N) is 1. The van der Waals surface area contributed by atoms with Crippen molar-refractivity contribution >= 4 is 29.0 Å². The van der Waals surface area contributed by atoms with Crippen LogP contribution in [0.25, 0.3) is 0 Å². The minimum absolute atomic E-state index is 0.305. The molecule has 0 aliphatic rings. The quantitative estimate of drug-likeness (QED) is 0.907. The lowest BCUT2D eigenvalue weighted by Gasteiger charge is -2.08. The van der Waals surface area contributed by atoms with E-state index in [2.05, 4.69) is 10.3 Å². The van der Waals surface area contributed by atoms with E-state index in [1.54, 1.807) is 30.5 Å². The maximum atomic E-state index is 13.5. The van der Waals surface area contributed by atoms with Crippen LogP contribution < -0.4 is 5.32 Å². The maximum absolute atomic E-state index is 13.5. The Labute approximate surface area is 108 Å². The number of aromatic nitrogens is 1. The van der Waals surface area contributed by atoms with E-state index in [-0.39, 0.29) is 5.82 Å². The average Bonchev–Trinajstić information content (AvgIpc) is 2.30. The van der Waals surface area contributed by atoms with Gasteiger partial charge in [-0.2, -0.15) is 0 Å². The predicted octanol–water partition coefficient (Wildman–Crippen LogP) is 4.14. The lowest BCUT2D eigenvalue weighted by atomic mass is 10.2. The van der Waals surface area contributed by atoms with Crippen molar-refractivity contribution in [3.8, 4) is 0 Å². The number of anilines is 1. The second-order valence-corrected chi connectivity index (χ2v) is 4.27. The highest BCUT2D eigenvalue weighted by Crippen LogP contribution is 2.20. The maximum Gasteiger partial charge on any atom is 0.145 e. The predicted molar refractivity (Wildman–Crippen MR) is 68.0 cm³/mol. The van der Waals surface area contributed by atoms with Crippen molar-refractivity contribution < 1.29 is 4.39 Å². The summed E-state index contributed by atoms with van der Waals surface area (Å²) >= 11 is 11.6. The van der Waals surface area contributed by atoms with E-state index in [4.69, 9.17) is 23.2 Å². The van der Waals surface area contributed by atoms with Crippen LogP contribution in [0.5, 0.6) is 0 Å². The highest BCUT2D eigenvalue weighted by molar-refractivity contribution is 6.32. The third kappa shape index (κ3) is 3.08. The Bertz CT molecular complexity index is 532. The van der Waals surface area contributed by atoms with Gasteiger partial charge in [0.25, 0.3) is 0 Å². The number of halogens is 3. The highest BCUT2D eigenvalue weighted by Gasteiger charge is 2.04. The van der Waals surface area contributed by atoms with Crippen molar-refractivity contribution in [2.75, 3.05) is 5.32 Å². The molecule has 0 unspecified atom stereocenters. The Morgan fingerprint density at radius 1 is 1.24 bits per heavy atom. The Balaban J connectivity index is 2.10. The third-order valence-corrected chi connectivity index (χ3v) is 2.76. The Kier molecular flexibility index (Phi) is 3.82.